The molecule has 0 radical (unpaired) electrons. The topological polar surface area (TPSA) is 60.4 Å². The first-order valence-corrected chi connectivity index (χ1v) is 9.04. The quantitative estimate of drug-likeness (QED) is 0.767. The number of ether oxygens (including phenoxy) is 1. The maximum absolute atomic E-state index is 11.9. The third kappa shape index (κ3) is 3.45. The van der Waals surface area contributed by atoms with Crippen molar-refractivity contribution in [1.29, 1.82) is 0 Å². The van der Waals surface area contributed by atoms with Crippen LogP contribution in [-0.4, -0.2) is 49.9 Å². The van der Waals surface area contributed by atoms with Crippen molar-refractivity contribution in [2.24, 2.45) is 5.92 Å². The summed E-state index contributed by atoms with van der Waals surface area (Å²) < 4.78 is 28.1. The van der Waals surface area contributed by atoms with Crippen molar-refractivity contribution in [3.63, 3.8) is 0 Å². The molecule has 2 heterocycles. The first-order chi connectivity index (χ1) is 7.90. The Morgan fingerprint density at radius 3 is 2.88 bits per heavy atom. The van der Waals surface area contributed by atoms with Gasteiger partial charge in [0.2, 0.25) is 0 Å². The third-order valence-electron chi connectivity index (χ3n) is 3.42. The molecule has 1 spiro atoms. The van der Waals surface area contributed by atoms with Gasteiger partial charge in [-0.3, -0.25) is 4.79 Å². The lowest BCUT2D eigenvalue weighted by molar-refractivity contribution is -0.131. The van der Waals surface area contributed by atoms with E-state index < -0.39 is 9.84 Å². The number of rotatable bonds is 3. The van der Waals surface area contributed by atoms with E-state index in [0.717, 1.165) is 24.2 Å². The van der Waals surface area contributed by atoms with Crippen molar-refractivity contribution in [2.45, 2.75) is 24.9 Å². The van der Waals surface area contributed by atoms with Crippen LogP contribution in [0.25, 0.3) is 0 Å². The number of carbonyl (C=O) groups is 1. The van der Waals surface area contributed by atoms with Crippen molar-refractivity contribution >= 4 is 27.4 Å². The number of ketones is 1. The second-order valence-corrected chi connectivity index (χ2v) is 8.31. The van der Waals surface area contributed by atoms with Gasteiger partial charge < -0.3 is 4.74 Å². The Labute approximate surface area is 106 Å². The predicted molar refractivity (Wildman–Crippen MR) is 68.1 cm³/mol. The van der Waals surface area contributed by atoms with Crippen molar-refractivity contribution in [2.75, 3.05) is 30.1 Å². The maximum Gasteiger partial charge on any atom is 0.154 e. The number of sulfone groups is 1. The minimum Gasteiger partial charge on any atom is -0.374 e. The van der Waals surface area contributed by atoms with E-state index in [1.54, 1.807) is 0 Å². The summed E-state index contributed by atoms with van der Waals surface area (Å²) >= 11 is 1.85. The molecule has 4 nitrogen and oxygen atoms in total. The summed E-state index contributed by atoms with van der Waals surface area (Å²) in [5.41, 5.74) is -0.152. The number of thioether (sulfide) groups is 1. The van der Waals surface area contributed by atoms with Crippen molar-refractivity contribution < 1.29 is 17.9 Å². The molecule has 17 heavy (non-hydrogen) atoms. The Morgan fingerprint density at radius 1 is 1.53 bits per heavy atom. The predicted octanol–water partition coefficient (Wildman–Crippen LogP) is 0.902. The molecule has 0 aromatic heterocycles. The first-order valence-electron chi connectivity index (χ1n) is 5.82. The van der Waals surface area contributed by atoms with Gasteiger partial charge in [-0.2, -0.15) is 11.8 Å². The highest BCUT2D eigenvalue weighted by Crippen LogP contribution is 2.40. The molecular formula is C11H18O4S2. The normalized spacial score (nSPS) is 34.1. The Hall–Kier alpha value is -0.0700. The van der Waals surface area contributed by atoms with Crippen molar-refractivity contribution in [1.82, 2.24) is 0 Å². The number of hydrogen-bond donors (Lipinski definition) is 0. The molecule has 0 aliphatic carbocycles. The second-order valence-electron chi connectivity index (χ2n) is 5.06. The molecule has 0 bridgehead atoms. The van der Waals surface area contributed by atoms with Crippen LogP contribution in [0.15, 0.2) is 0 Å². The fraction of sp³-hybridized carbons (Fsp3) is 0.909. The van der Waals surface area contributed by atoms with Crippen LogP contribution in [-0.2, 0) is 19.4 Å². The molecule has 0 amide bonds. The van der Waals surface area contributed by atoms with Gasteiger partial charge in [-0.15, -0.1) is 0 Å². The molecular weight excluding hydrogens is 260 g/mol. The van der Waals surface area contributed by atoms with Crippen LogP contribution in [0.4, 0.5) is 0 Å². The molecule has 0 N–H and O–H groups in total. The molecule has 2 rings (SSSR count). The summed E-state index contributed by atoms with van der Waals surface area (Å²) in [6.07, 6.45) is 3.47. The highest BCUT2D eigenvalue weighted by Gasteiger charge is 2.42. The fourth-order valence-corrected chi connectivity index (χ4v) is 4.67. The van der Waals surface area contributed by atoms with Crippen LogP contribution in [0.2, 0.25) is 0 Å². The molecule has 0 saturated carbocycles. The van der Waals surface area contributed by atoms with E-state index in [2.05, 4.69) is 0 Å². The molecule has 2 atom stereocenters. The van der Waals surface area contributed by atoms with E-state index >= 15 is 0 Å². The Bertz CT molecular complexity index is 396. The molecule has 2 aliphatic heterocycles. The summed E-state index contributed by atoms with van der Waals surface area (Å²) in [5.74, 6) is 1.44. The van der Waals surface area contributed by atoms with E-state index in [0.29, 0.717) is 19.4 Å². The number of carbonyl (C=O) groups excluding carboxylic acids is 1. The van der Waals surface area contributed by atoms with Crippen LogP contribution in [0.3, 0.4) is 0 Å². The van der Waals surface area contributed by atoms with Gasteiger partial charge in [0.05, 0.1) is 5.60 Å². The molecule has 6 heteroatoms. The fourth-order valence-electron chi connectivity index (χ4n) is 2.54. The van der Waals surface area contributed by atoms with Crippen LogP contribution in [0.5, 0.6) is 0 Å². The van der Waals surface area contributed by atoms with Gasteiger partial charge >= 0.3 is 0 Å². The van der Waals surface area contributed by atoms with Crippen molar-refractivity contribution in [3.05, 3.63) is 0 Å². The average Bonchev–Trinajstić information content (AvgIpc) is 2.64. The molecule has 0 aromatic carbocycles. The number of Topliss-reactive ketones (excluding diaryl/α,β-unsaturated/α-hetero) is 1. The smallest absolute Gasteiger partial charge is 0.154 e. The average molecular weight is 278 g/mol. The third-order valence-corrected chi connectivity index (χ3v) is 5.45. The zero-order valence-corrected chi connectivity index (χ0v) is 11.6. The molecule has 2 unspecified atom stereocenters. The van der Waals surface area contributed by atoms with E-state index in [1.807, 2.05) is 11.8 Å². The zero-order valence-electron chi connectivity index (χ0n) is 9.98. The summed E-state index contributed by atoms with van der Waals surface area (Å²) in [6.45, 7) is 0.584. The Morgan fingerprint density at radius 2 is 2.29 bits per heavy atom. The molecule has 2 saturated heterocycles. The van der Waals surface area contributed by atoms with E-state index in [4.69, 9.17) is 4.74 Å². The zero-order chi connectivity index (χ0) is 12.5. The second kappa shape index (κ2) is 4.90. The highest BCUT2D eigenvalue weighted by molar-refractivity contribution is 7.99. The first kappa shape index (κ1) is 13.4. The summed E-state index contributed by atoms with van der Waals surface area (Å²) in [7, 11) is -3.20. The standard InChI is InChI=1S/C11H18O4S2/c1-17(13,14)7-10(12)9-2-4-15-11(6-9)3-5-16-8-11/h9H,2-8H2,1H3. The summed E-state index contributed by atoms with van der Waals surface area (Å²) in [4.78, 5) is 11.9. The molecule has 0 aromatic rings. The maximum atomic E-state index is 11.9. The van der Waals surface area contributed by atoms with Gasteiger partial charge in [-0.1, -0.05) is 0 Å². The largest absolute Gasteiger partial charge is 0.374 e. The van der Waals surface area contributed by atoms with Crippen LogP contribution < -0.4 is 0 Å². The minimum absolute atomic E-state index is 0.128. The molecule has 2 aliphatic rings. The minimum atomic E-state index is -3.20. The lowest BCUT2D eigenvalue weighted by Crippen LogP contribution is -2.43. The molecule has 2 fully saturated rings. The van der Waals surface area contributed by atoms with Gasteiger partial charge in [0.15, 0.2) is 15.6 Å². The van der Waals surface area contributed by atoms with Gasteiger partial charge in [-0.25, -0.2) is 8.42 Å². The van der Waals surface area contributed by atoms with E-state index in [1.165, 1.54) is 0 Å². The lowest BCUT2D eigenvalue weighted by atomic mass is 9.83. The van der Waals surface area contributed by atoms with E-state index in [-0.39, 0.29) is 23.1 Å². The Kier molecular flexibility index (Phi) is 3.85. The number of hydrogen-bond acceptors (Lipinski definition) is 5. The summed E-state index contributed by atoms with van der Waals surface area (Å²) in [5, 5.41) is 0. The van der Waals surface area contributed by atoms with Gasteiger partial charge in [0.25, 0.3) is 0 Å². The molecule has 98 valence electrons. The lowest BCUT2D eigenvalue weighted by Gasteiger charge is -2.37. The van der Waals surface area contributed by atoms with Crippen LogP contribution in [0, 0.1) is 5.92 Å². The van der Waals surface area contributed by atoms with E-state index in [9.17, 15) is 13.2 Å². The summed E-state index contributed by atoms with van der Waals surface area (Å²) in [6, 6.07) is 0. The SMILES string of the molecule is CS(=O)(=O)CC(=O)C1CCOC2(CCSC2)C1. The Balaban J connectivity index is 2.00. The van der Waals surface area contributed by atoms with Crippen LogP contribution >= 0.6 is 11.8 Å². The highest BCUT2D eigenvalue weighted by atomic mass is 32.2. The van der Waals surface area contributed by atoms with Crippen molar-refractivity contribution in [3.8, 4) is 0 Å². The van der Waals surface area contributed by atoms with Gasteiger partial charge in [-0.05, 0) is 25.0 Å². The van der Waals surface area contributed by atoms with Gasteiger partial charge in [0.1, 0.15) is 5.75 Å². The van der Waals surface area contributed by atoms with Gasteiger partial charge in [0, 0.05) is 24.5 Å². The van der Waals surface area contributed by atoms with Crippen LogP contribution in [0.1, 0.15) is 19.3 Å². The monoisotopic (exact) mass is 278 g/mol.